The van der Waals surface area contributed by atoms with E-state index in [1.807, 2.05) is 0 Å². The highest BCUT2D eigenvalue weighted by molar-refractivity contribution is 14.1. The van der Waals surface area contributed by atoms with E-state index in [0.29, 0.717) is 11.8 Å². The van der Waals surface area contributed by atoms with Crippen LogP contribution in [0, 0.1) is 17.3 Å². The van der Waals surface area contributed by atoms with Crippen molar-refractivity contribution in [2.24, 2.45) is 17.3 Å². The minimum atomic E-state index is -0.598. The summed E-state index contributed by atoms with van der Waals surface area (Å²) in [7, 11) is 0. The zero-order valence-electron chi connectivity index (χ0n) is 9.90. The summed E-state index contributed by atoms with van der Waals surface area (Å²) in [6, 6.07) is 0. The molecule has 4 rings (SSSR count). The molecule has 0 amide bonds. The number of rotatable bonds is 2. The molecule has 0 N–H and O–H groups in total. The van der Waals surface area contributed by atoms with Crippen LogP contribution in [0.25, 0.3) is 0 Å². The van der Waals surface area contributed by atoms with Gasteiger partial charge in [-0.05, 0) is 31.6 Å². The van der Waals surface area contributed by atoms with E-state index >= 15 is 0 Å². The van der Waals surface area contributed by atoms with Crippen LogP contribution in [0.15, 0.2) is 0 Å². The minimum absolute atomic E-state index is 0.0934. The average Bonchev–Trinajstić information content (AvgIpc) is 2.80. The Balaban J connectivity index is 1.54. The first-order chi connectivity index (χ1) is 8.47. The first-order valence-corrected chi connectivity index (χ1v) is 7.06. The standard InChI is InChI=1S/C12H13IO5/c1-6(14)16-11-2-7-3-12(17-9(15)18-13)5-10(12,4-11)8(7)11/h7-8H,2-5H2,1H3. The van der Waals surface area contributed by atoms with Crippen LogP contribution in [0.3, 0.4) is 0 Å². The van der Waals surface area contributed by atoms with Gasteiger partial charge in [-0.25, -0.2) is 4.79 Å². The zero-order chi connectivity index (χ0) is 12.8. The number of hydrogen-bond acceptors (Lipinski definition) is 5. The topological polar surface area (TPSA) is 61.8 Å². The molecule has 5 unspecified atom stereocenters. The van der Waals surface area contributed by atoms with Crippen molar-refractivity contribution in [1.82, 2.24) is 0 Å². The van der Waals surface area contributed by atoms with Crippen molar-refractivity contribution in [3.63, 3.8) is 0 Å². The molecule has 4 aliphatic carbocycles. The maximum atomic E-state index is 11.3. The molecule has 5 nitrogen and oxygen atoms in total. The zero-order valence-corrected chi connectivity index (χ0v) is 12.1. The lowest BCUT2D eigenvalue weighted by Gasteiger charge is -2.63. The van der Waals surface area contributed by atoms with Crippen molar-refractivity contribution >= 4 is 35.1 Å². The summed E-state index contributed by atoms with van der Waals surface area (Å²) in [5, 5.41) is 0. The van der Waals surface area contributed by atoms with Gasteiger partial charge in [0.1, 0.15) is 11.2 Å². The molecule has 4 aliphatic rings. The first kappa shape index (κ1) is 11.3. The lowest BCUT2D eigenvalue weighted by Crippen LogP contribution is -2.67. The number of esters is 1. The molecule has 4 fully saturated rings. The van der Waals surface area contributed by atoms with Gasteiger partial charge in [-0.1, -0.05) is 0 Å². The molecule has 4 saturated carbocycles. The number of carbonyl (C=O) groups excluding carboxylic acids is 2. The quantitative estimate of drug-likeness (QED) is 0.556. The predicted molar refractivity (Wildman–Crippen MR) is 66.7 cm³/mol. The van der Waals surface area contributed by atoms with Gasteiger partial charge in [0, 0.05) is 18.3 Å². The van der Waals surface area contributed by atoms with Gasteiger partial charge in [0.2, 0.25) is 0 Å². The van der Waals surface area contributed by atoms with Crippen molar-refractivity contribution < 1.29 is 22.1 Å². The monoisotopic (exact) mass is 364 g/mol. The Morgan fingerprint density at radius 2 is 2.00 bits per heavy atom. The van der Waals surface area contributed by atoms with Crippen molar-refractivity contribution in [3.8, 4) is 0 Å². The molecule has 0 aromatic heterocycles. The maximum absolute atomic E-state index is 11.3. The van der Waals surface area contributed by atoms with Crippen LogP contribution in [0.5, 0.6) is 0 Å². The van der Waals surface area contributed by atoms with Crippen LogP contribution in [0.4, 0.5) is 4.79 Å². The molecular formula is C12H13IO5. The molecule has 0 saturated heterocycles. The Hall–Kier alpha value is -0.530. The summed E-state index contributed by atoms with van der Waals surface area (Å²) in [6.45, 7) is 1.46. The number of ether oxygens (including phenoxy) is 2. The van der Waals surface area contributed by atoms with E-state index in [0.717, 1.165) is 25.7 Å². The van der Waals surface area contributed by atoms with Crippen molar-refractivity contribution in [1.29, 1.82) is 0 Å². The number of hydrogen-bond donors (Lipinski definition) is 0. The molecule has 0 aromatic rings. The predicted octanol–water partition coefficient (Wildman–Crippen LogP) is 2.36. The largest absolute Gasteiger partial charge is 0.518 e. The van der Waals surface area contributed by atoms with E-state index in [9.17, 15) is 9.59 Å². The van der Waals surface area contributed by atoms with Crippen LogP contribution in [-0.2, 0) is 17.3 Å². The third-order valence-electron chi connectivity index (χ3n) is 5.52. The van der Waals surface area contributed by atoms with E-state index in [2.05, 4.69) is 3.07 Å². The van der Waals surface area contributed by atoms with Crippen molar-refractivity contribution in [3.05, 3.63) is 0 Å². The van der Waals surface area contributed by atoms with Crippen LogP contribution in [0.2, 0.25) is 0 Å². The Bertz CT molecular complexity index is 479. The summed E-state index contributed by atoms with van der Waals surface area (Å²) >= 11 is 1.54. The van der Waals surface area contributed by atoms with Crippen LogP contribution < -0.4 is 0 Å². The smallest absolute Gasteiger partial charge is 0.459 e. The molecule has 0 aromatic carbocycles. The van der Waals surface area contributed by atoms with Gasteiger partial charge in [0.05, 0.1) is 0 Å². The highest BCUT2D eigenvalue weighted by atomic mass is 127. The SMILES string of the molecule is CC(=O)OC12CC3CC4(OC(=O)OI)CC4(C1)C32. The first-order valence-electron chi connectivity index (χ1n) is 6.18. The van der Waals surface area contributed by atoms with Gasteiger partial charge in [-0.2, -0.15) is 0 Å². The molecule has 1 spiro atoms. The van der Waals surface area contributed by atoms with Crippen molar-refractivity contribution in [2.75, 3.05) is 0 Å². The van der Waals surface area contributed by atoms with Crippen LogP contribution in [-0.4, -0.2) is 23.3 Å². The van der Waals surface area contributed by atoms with E-state index in [1.165, 1.54) is 6.92 Å². The fourth-order valence-electron chi connectivity index (χ4n) is 5.36. The molecule has 6 heteroatoms. The second-order valence-corrected chi connectivity index (χ2v) is 6.68. The molecular weight excluding hydrogens is 351 g/mol. The van der Waals surface area contributed by atoms with Crippen molar-refractivity contribution in [2.45, 2.75) is 43.8 Å². The Morgan fingerprint density at radius 1 is 1.22 bits per heavy atom. The van der Waals surface area contributed by atoms with E-state index in [1.54, 1.807) is 23.0 Å². The van der Waals surface area contributed by atoms with Gasteiger partial charge in [0.15, 0.2) is 23.0 Å². The maximum Gasteiger partial charge on any atom is 0.518 e. The molecule has 0 aliphatic heterocycles. The Labute approximate surface area is 118 Å². The summed E-state index contributed by atoms with van der Waals surface area (Å²) < 4.78 is 15.6. The van der Waals surface area contributed by atoms with Gasteiger partial charge in [-0.15, -0.1) is 0 Å². The molecule has 98 valence electrons. The molecule has 0 bridgehead atoms. The third-order valence-corrected chi connectivity index (χ3v) is 5.88. The van der Waals surface area contributed by atoms with Gasteiger partial charge in [0.25, 0.3) is 0 Å². The Kier molecular flexibility index (Phi) is 1.86. The molecule has 5 atom stereocenters. The normalized spacial score (nSPS) is 53.2. The second-order valence-electron chi connectivity index (χ2n) is 6.24. The van der Waals surface area contributed by atoms with Crippen LogP contribution in [0.1, 0.15) is 32.6 Å². The van der Waals surface area contributed by atoms with Gasteiger partial charge in [-0.3, -0.25) is 4.79 Å². The highest BCUT2D eigenvalue weighted by Gasteiger charge is 2.94. The summed E-state index contributed by atoms with van der Waals surface area (Å²) in [5.74, 6) is 0.763. The summed E-state index contributed by atoms with van der Waals surface area (Å²) in [4.78, 5) is 22.5. The highest BCUT2D eigenvalue weighted by Crippen LogP contribution is 2.90. The fraction of sp³-hybridized carbons (Fsp3) is 0.833. The Morgan fingerprint density at radius 3 is 2.67 bits per heavy atom. The second kappa shape index (κ2) is 2.96. The average molecular weight is 364 g/mol. The van der Waals surface area contributed by atoms with Gasteiger partial charge >= 0.3 is 12.1 Å². The number of halogens is 1. The molecule has 0 heterocycles. The third kappa shape index (κ3) is 1.02. The molecule has 18 heavy (non-hydrogen) atoms. The molecule has 0 radical (unpaired) electrons. The minimum Gasteiger partial charge on any atom is -0.459 e. The van der Waals surface area contributed by atoms with E-state index in [-0.39, 0.29) is 22.6 Å². The van der Waals surface area contributed by atoms with E-state index < -0.39 is 6.16 Å². The number of carbonyl (C=O) groups is 2. The van der Waals surface area contributed by atoms with Gasteiger partial charge < -0.3 is 12.5 Å². The lowest BCUT2D eigenvalue weighted by atomic mass is 9.45. The summed E-state index contributed by atoms with van der Waals surface area (Å²) in [6.07, 6.45) is 3.01. The van der Waals surface area contributed by atoms with E-state index in [4.69, 9.17) is 9.47 Å². The lowest BCUT2D eigenvalue weighted by molar-refractivity contribution is -0.258. The fourth-order valence-corrected chi connectivity index (χ4v) is 5.45. The van der Waals surface area contributed by atoms with Crippen LogP contribution >= 0.6 is 23.0 Å². The summed E-state index contributed by atoms with van der Waals surface area (Å²) in [5.41, 5.74) is -0.451.